The third-order valence-electron chi connectivity index (χ3n) is 2.38. The van der Waals surface area contributed by atoms with Crippen molar-refractivity contribution in [3.8, 4) is 5.75 Å². The zero-order valence-electron chi connectivity index (χ0n) is 9.26. The van der Waals surface area contributed by atoms with E-state index < -0.39 is 0 Å². The van der Waals surface area contributed by atoms with Gasteiger partial charge >= 0.3 is 0 Å². The molecule has 0 spiro atoms. The summed E-state index contributed by atoms with van der Waals surface area (Å²) in [5.41, 5.74) is 6.23. The lowest BCUT2D eigenvalue weighted by Gasteiger charge is -2.07. The van der Waals surface area contributed by atoms with Crippen molar-refractivity contribution in [1.82, 2.24) is 0 Å². The lowest BCUT2D eigenvalue weighted by atomic mass is 10.0. The molecule has 2 rings (SSSR count). The van der Waals surface area contributed by atoms with Crippen LogP contribution in [0.15, 0.2) is 42.5 Å². The maximum Gasteiger partial charge on any atom is 0.196 e. The lowest BCUT2D eigenvalue weighted by molar-refractivity contribution is 0.103. The SMILES string of the molecule is Cl.Nc1cc(Cl)cc(C(=O)c2ccccc2)c1O. The Labute approximate surface area is 116 Å². The summed E-state index contributed by atoms with van der Waals surface area (Å²) in [5.74, 6) is -0.541. The van der Waals surface area contributed by atoms with E-state index in [1.165, 1.54) is 12.1 Å². The van der Waals surface area contributed by atoms with Crippen molar-refractivity contribution in [2.75, 3.05) is 5.73 Å². The van der Waals surface area contributed by atoms with Gasteiger partial charge in [-0.3, -0.25) is 4.79 Å². The molecule has 2 aromatic carbocycles. The second-order valence-electron chi connectivity index (χ2n) is 3.59. The molecule has 0 saturated heterocycles. The fourth-order valence-electron chi connectivity index (χ4n) is 1.54. The van der Waals surface area contributed by atoms with Crippen LogP contribution in [0.5, 0.6) is 5.75 Å². The van der Waals surface area contributed by atoms with Crippen molar-refractivity contribution >= 4 is 35.5 Å². The summed E-state index contributed by atoms with van der Waals surface area (Å²) in [6, 6.07) is 11.4. The molecular weight excluding hydrogens is 273 g/mol. The Morgan fingerprint density at radius 3 is 2.39 bits per heavy atom. The van der Waals surface area contributed by atoms with Crippen molar-refractivity contribution in [1.29, 1.82) is 0 Å². The Morgan fingerprint density at radius 2 is 1.78 bits per heavy atom. The Hall–Kier alpha value is -1.71. The Kier molecular flexibility index (Phi) is 4.59. The van der Waals surface area contributed by atoms with Crippen LogP contribution in [-0.4, -0.2) is 10.9 Å². The van der Waals surface area contributed by atoms with Gasteiger partial charge in [0, 0.05) is 10.6 Å². The van der Waals surface area contributed by atoms with Crippen molar-refractivity contribution in [3.63, 3.8) is 0 Å². The van der Waals surface area contributed by atoms with Gasteiger partial charge in [0.25, 0.3) is 0 Å². The first-order chi connectivity index (χ1) is 8.09. The Morgan fingerprint density at radius 1 is 1.17 bits per heavy atom. The molecule has 3 nitrogen and oxygen atoms in total. The maximum absolute atomic E-state index is 12.1. The molecule has 0 fully saturated rings. The van der Waals surface area contributed by atoms with Gasteiger partial charge < -0.3 is 10.8 Å². The third-order valence-corrected chi connectivity index (χ3v) is 2.60. The fraction of sp³-hybridized carbons (Fsp3) is 0. The van der Waals surface area contributed by atoms with E-state index in [-0.39, 0.29) is 35.2 Å². The number of hydrogen-bond donors (Lipinski definition) is 2. The molecule has 0 aromatic heterocycles. The third kappa shape index (κ3) is 2.75. The molecule has 0 unspecified atom stereocenters. The highest BCUT2D eigenvalue weighted by Gasteiger charge is 2.16. The quantitative estimate of drug-likeness (QED) is 0.505. The number of benzene rings is 2. The predicted octanol–water partition coefficient (Wildman–Crippen LogP) is 3.28. The highest BCUT2D eigenvalue weighted by molar-refractivity contribution is 6.31. The molecule has 0 saturated carbocycles. The molecule has 0 atom stereocenters. The summed E-state index contributed by atoms with van der Waals surface area (Å²) >= 11 is 5.81. The molecule has 0 heterocycles. The van der Waals surface area contributed by atoms with Crippen LogP contribution in [0.1, 0.15) is 15.9 Å². The lowest BCUT2D eigenvalue weighted by Crippen LogP contribution is -2.03. The number of rotatable bonds is 2. The molecule has 5 heteroatoms. The van der Waals surface area contributed by atoms with Gasteiger partial charge in [-0.1, -0.05) is 41.9 Å². The second-order valence-corrected chi connectivity index (χ2v) is 4.02. The topological polar surface area (TPSA) is 63.3 Å². The zero-order valence-corrected chi connectivity index (χ0v) is 10.8. The van der Waals surface area contributed by atoms with E-state index in [2.05, 4.69) is 0 Å². The van der Waals surface area contributed by atoms with Crippen LogP contribution >= 0.6 is 24.0 Å². The molecule has 0 aliphatic rings. The van der Waals surface area contributed by atoms with Crippen LogP contribution in [0.3, 0.4) is 0 Å². The van der Waals surface area contributed by atoms with Gasteiger partial charge in [-0.2, -0.15) is 0 Å². The molecule has 0 amide bonds. The number of nitrogens with two attached hydrogens (primary N) is 1. The smallest absolute Gasteiger partial charge is 0.196 e. The van der Waals surface area contributed by atoms with E-state index >= 15 is 0 Å². The minimum atomic E-state index is -0.308. The number of anilines is 1. The van der Waals surface area contributed by atoms with Gasteiger partial charge in [0.1, 0.15) is 5.75 Å². The van der Waals surface area contributed by atoms with Gasteiger partial charge in [-0.15, -0.1) is 12.4 Å². The predicted molar refractivity (Wildman–Crippen MR) is 74.7 cm³/mol. The van der Waals surface area contributed by atoms with E-state index in [4.69, 9.17) is 17.3 Å². The number of ketones is 1. The Bertz CT molecular complexity index is 571. The van der Waals surface area contributed by atoms with Gasteiger partial charge in [0.15, 0.2) is 5.78 Å². The standard InChI is InChI=1S/C13H10ClNO2.ClH/c14-9-6-10(13(17)11(15)7-9)12(16)8-4-2-1-3-5-8;/h1-7,17H,15H2;1H. The average Bonchev–Trinajstić information content (AvgIpc) is 2.34. The first kappa shape index (κ1) is 14.4. The van der Waals surface area contributed by atoms with Crippen LogP contribution in [0.25, 0.3) is 0 Å². The number of hydrogen-bond acceptors (Lipinski definition) is 3. The van der Waals surface area contributed by atoms with E-state index in [9.17, 15) is 9.90 Å². The van der Waals surface area contributed by atoms with E-state index in [0.717, 1.165) is 0 Å². The summed E-state index contributed by atoms with van der Waals surface area (Å²) in [7, 11) is 0. The van der Waals surface area contributed by atoms with Gasteiger partial charge in [0.2, 0.25) is 0 Å². The molecular formula is C13H11Cl2NO2. The highest BCUT2D eigenvalue weighted by atomic mass is 35.5. The van der Waals surface area contributed by atoms with Crippen molar-refractivity contribution in [2.24, 2.45) is 0 Å². The number of phenolic OH excluding ortho intramolecular Hbond substituents is 1. The molecule has 3 N–H and O–H groups in total. The van der Waals surface area contributed by atoms with Crippen LogP contribution in [0, 0.1) is 0 Å². The number of phenols is 1. The van der Waals surface area contributed by atoms with Gasteiger partial charge in [-0.25, -0.2) is 0 Å². The molecule has 2 aromatic rings. The maximum atomic E-state index is 12.1. The van der Waals surface area contributed by atoms with Gasteiger partial charge in [0.05, 0.1) is 11.3 Å². The van der Waals surface area contributed by atoms with E-state index in [0.29, 0.717) is 10.6 Å². The monoisotopic (exact) mass is 283 g/mol. The summed E-state index contributed by atoms with van der Waals surface area (Å²) in [4.78, 5) is 12.1. The molecule has 0 bridgehead atoms. The van der Waals surface area contributed by atoms with Crippen molar-refractivity contribution in [2.45, 2.75) is 0 Å². The first-order valence-electron chi connectivity index (χ1n) is 4.97. The minimum absolute atomic E-state index is 0. The van der Waals surface area contributed by atoms with Crippen LogP contribution in [0.2, 0.25) is 5.02 Å². The normalized spacial score (nSPS) is 9.61. The molecule has 0 aliphatic heterocycles. The Balaban J connectivity index is 0.00000162. The number of carbonyl (C=O) groups is 1. The van der Waals surface area contributed by atoms with E-state index in [1.54, 1.807) is 24.3 Å². The molecule has 0 aliphatic carbocycles. The first-order valence-corrected chi connectivity index (χ1v) is 5.35. The minimum Gasteiger partial charge on any atom is -0.505 e. The summed E-state index contributed by atoms with van der Waals surface area (Å²) in [5, 5.41) is 10.1. The summed E-state index contributed by atoms with van der Waals surface area (Å²) < 4.78 is 0. The van der Waals surface area contributed by atoms with Crippen LogP contribution in [-0.2, 0) is 0 Å². The zero-order chi connectivity index (χ0) is 12.4. The van der Waals surface area contributed by atoms with Crippen molar-refractivity contribution < 1.29 is 9.90 Å². The number of halogens is 2. The molecule has 18 heavy (non-hydrogen) atoms. The van der Waals surface area contributed by atoms with Crippen LogP contribution in [0.4, 0.5) is 5.69 Å². The van der Waals surface area contributed by atoms with E-state index in [1.807, 2.05) is 6.07 Å². The fourth-order valence-corrected chi connectivity index (χ4v) is 1.77. The number of aromatic hydroxyl groups is 1. The largest absolute Gasteiger partial charge is 0.505 e. The number of nitrogen functional groups attached to an aromatic ring is 1. The van der Waals surface area contributed by atoms with Crippen LogP contribution < -0.4 is 5.73 Å². The van der Waals surface area contributed by atoms with Crippen molar-refractivity contribution in [3.05, 3.63) is 58.6 Å². The number of carbonyl (C=O) groups excluding carboxylic acids is 1. The second kappa shape index (κ2) is 5.76. The highest BCUT2D eigenvalue weighted by Crippen LogP contribution is 2.30. The van der Waals surface area contributed by atoms with Gasteiger partial charge in [-0.05, 0) is 12.1 Å². The molecule has 94 valence electrons. The average molecular weight is 284 g/mol. The summed E-state index contributed by atoms with van der Waals surface area (Å²) in [6.45, 7) is 0. The molecule has 0 radical (unpaired) electrons. The summed E-state index contributed by atoms with van der Waals surface area (Å²) in [6.07, 6.45) is 0.